The summed E-state index contributed by atoms with van der Waals surface area (Å²) in [6, 6.07) is 9.86. The fourth-order valence-electron chi connectivity index (χ4n) is 2.95. The Balaban J connectivity index is 1.95. The van der Waals surface area contributed by atoms with Crippen molar-refractivity contribution in [2.75, 3.05) is 19.8 Å². The molecule has 1 aliphatic heterocycles. The number of benzene rings is 1. The van der Waals surface area contributed by atoms with Crippen molar-refractivity contribution < 1.29 is 19.4 Å². The van der Waals surface area contributed by atoms with E-state index in [1.165, 1.54) is 0 Å². The van der Waals surface area contributed by atoms with Gasteiger partial charge in [0.15, 0.2) is 0 Å². The summed E-state index contributed by atoms with van der Waals surface area (Å²) in [6.07, 6.45) is 1.19. The number of ether oxygens (including phenoxy) is 1. The molecule has 23 heavy (non-hydrogen) atoms. The zero-order chi connectivity index (χ0) is 16.9. The second kappa shape index (κ2) is 7.13. The number of carboxylic acids is 1. The molecular weight excluding hydrogens is 294 g/mol. The highest BCUT2D eigenvalue weighted by Gasteiger charge is 2.40. The SMILES string of the molecule is CC(C)(CC(=O)NCC1(C(=O)O)CCOCC1)c1ccccc1. The average Bonchev–Trinajstić information content (AvgIpc) is 2.54. The Bertz CT molecular complexity index is 547. The fraction of sp³-hybridized carbons (Fsp3) is 0.556. The number of hydrogen-bond acceptors (Lipinski definition) is 3. The molecule has 0 aromatic heterocycles. The molecule has 2 N–H and O–H groups in total. The van der Waals surface area contributed by atoms with E-state index in [0.717, 1.165) is 5.56 Å². The third-order valence-corrected chi connectivity index (χ3v) is 4.69. The molecule has 1 saturated heterocycles. The summed E-state index contributed by atoms with van der Waals surface area (Å²) in [5.74, 6) is -0.977. The van der Waals surface area contributed by atoms with Crippen LogP contribution in [0.3, 0.4) is 0 Å². The summed E-state index contributed by atoms with van der Waals surface area (Å²) < 4.78 is 5.24. The molecule has 2 rings (SSSR count). The lowest BCUT2D eigenvalue weighted by atomic mass is 9.79. The number of rotatable bonds is 6. The Morgan fingerprint density at radius 1 is 1.22 bits per heavy atom. The lowest BCUT2D eigenvalue weighted by molar-refractivity contribution is -0.154. The van der Waals surface area contributed by atoms with Gasteiger partial charge in [-0.3, -0.25) is 9.59 Å². The first-order valence-electron chi connectivity index (χ1n) is 7.99. The summed E-state index contributed by atoms with van der Waals surface area (Å²) in [7, 11) is 0. The standard InChI is InChI=1S/C18H25NO4/c1-17(2,14-6-4-3-5-7-14)12-15(20)19-13-18(16(21)22)8-10-23-11-9-18/h3-7H,8-13H2,1-2H3,(H,19,20)(H,21,22). The number of carboxylic acid groups (broad SMARTS) is 1. The Hall–Kier alpha value is -1.88. The molecule has 0 saturated carbocycles. The van der Waals surface area contributed by atoms with E-state index in [0.29, 0.717) is 32.5 Å². The lowest BCUT2D eigenvalue weighted by Gasteiger charge is -2.33. The molecule has 5 heteroatoms. The van der Waals surface area contributed by atoms with Gasteiger partial charge >= 0.3 is 5.97 Å². The maximum absolute atomic E-state index is 12.3. The summed E-state index contributed by atoms with van der Waals surface area (Å²) in [5, 5.41) is 12.3. The molecule has 1 heterocycles. The Labute approximate surface area is 137 Å². The minimum Gasteiger partial charge on any atom is -0.481 e. The van der Waals surface area contributed by atoms with Crippen LogP contribution in [0.25, 0.3) is 0 Å². The first-order chi connectivity index (χ1) is 10.9. The maximum atomic E-state index is 12.3. The summed E-state index contributed by atoms with van der Waals surface area (Å²) in [5.41, 5.74) is -0.100. The monoisotopic (exact) mass is 319 g/mol. The van der Waals surface area contributed by atoms with E-state index in [1.54, 1.807) is 0 Å². The smallest absolute Gasteiger partial charge is 0.311 e. The number of hydrogen-bond donors (Lipinski definition) is 2. The van der Waals surface area contributed by atoms with Gasteiger partial charge in [0.05, 0.1) is 5.41 Å². The van der Waals surface area contributed by atoms with Gasteiger partial charge in [-0.15, -0.1) is 0 Å². The third-order valence-electron chi connectivity index (χ3n) is 4.69. The molecule has 0 atom stereocenters. The third kappa shape index (κ3) is 4.32. The molecule has 0 aliphatic carbocycles. The van der Waals surface area contributed by atoms with Crippen LogP contribution in [0.5, 0.6) is 0 Å². The Kier molecular flexibility index (Phi) is 5.42. The van der Waals surface area contributed by atoms with Crippen LogP contribution in [0.15, 0.2) is 30.3 Å². The topological polar surface area (TPSA) is 75.6 Å². The molecule has 1 aromatic rings. The van der Waals surface area contributed by atoms with E-state index in [4.69, 9.17) is 4.74 Å². The van der Waals surface area contributed by atoms with Gasteiger partial charge in [0.2, 0.25) is 5.91 Å². The number of amides is 1. The largest absolute Gasteiger partial charge is 0.481 e. The van der Waals surface area contributed by atoms with E-state index < -0.39 is 11.4 Å². The van der Waals surface area contributed by atoms with Crippen LogP contribution in [0, 0.1) is 5.41 Å². The van der Waals surface area contributed by atoms with Gasteiger partial charge in [-0.05, 0) is 23.8 Å². The highest BCUT2D eigenvalue weighted by molar-refractivity contribution is 5.80. The van der Waals surface area contributed by atoms with E-state index in [9.17, 15) is 14.7 Å². The van der Waals surface area contributed by atoms with E-state index in [2.05, 4.69) is 5.32 Å². The van der Waals surface area contributed by atoms with Gasteiger partial charge in [-0.25, -0.2) is 0 Å². The fourth-order valence-corrected chi connectivity index (χ4v) is 2.95. The van der Waals surface area contributed by atoms with Crippen LogP contribution in [-0.4, -0.2) is 36.7 Å². The van der Waals surface area contributed by atoms with Crippen LogP contribution in [0.1, 0.15) is 38.7 Å². The van der Waals surface area contributed by atoms with E-state index >= 15 is 0 Å². The van der Waals surface area contributed by atoms with Crippen LogP contribution in [-0.2, 0) is 19.7 Å². The van der Waals surface area contributed by atoms with Crippen molar-refractivity contribution in [2.45, 2.75) is 38.5 Å². The average molecular weight is 319 g/mol. The molecule has 0 spiro atoms. The molecule has 0 radical (unpaired) electrons. The first kappa shape index (κ1) is 17.5. The highest BCUT2D eigenvalue weighted by atomic mass is 16.5. The number of nitrogens with one attached hydrogen (secondary N) is 1. The van der Waals surface area contributed by atoms with Gasteiger partial charge in [-0.2, -0.15) is 0 Å². The van der Waals surface area contributed by atoms with E-state index in [-0.39, 0.29) is 17.9 Å². The molecule has 1 aliphatic rings. The highest BCUT2D eigenvalue weighted by Crippen LogP contribution is 2.31. The van der Waals surface area contributed by atoms with Gasteiger partial charge in [-0.1, -0.05) is 44.2 Å². The van der Waals surface area contributed by atoms with E-state index in [1.807, 2.05) is 44.2 Å². The maximum Gasteiger partial charge on any atom is 0.311 e. The first-order valence-corrected chi connectivity index (χ1v) is 7.99. The van der Waals surface area contributed by atoms with Crippen LogP contribution < -0.4 is 5.32 Å². The quantitative estimate of drug-likeness (QED) is 0.844. The molecule has 1 aromatic carbocycles. The zero-order valence-electron chi connectivity index (χ0n) is 13.8. The van der Waals surface area contributed by atoms with Gasteiger partial charge in [0.25, 0.3) is 0 Å². The van der Waals surface area contributed by atoms with Crippen LogP contribution in [0.2, 0.25) is 0 Å². The van der Waals surface area contributed by atoms with Gasteiger partial charge in [0, 0.05) is 26.2 Å². The summed E-state index contributed by atoms with van der Waals surface area (Å²) in [4.78, 5) is 23.9. The Morgan fingerprint density at radius 2 is 1.83 bits per heavy atom. The second-order valence-corrected chi connectivity index (χ2v) is 6.90. The molecule has 0 bridgehead atoms. The number of carbonyl (C=O) groups excluding carboxylic acids is 1. The minimum absolute atomic E-state index is 0.119. The normalized spacial score (nSPS) is 17.5. The van der Waals surface area contributed by atoms with Gasteiger partial charge in [0.1, 0.15) is 0 Å². The van der Waals surface area contributed by atoms with Crippen molar-refractivity contribution >= 4 is 11.9 Å². The Morgan fingerprint density at radius 3 is 2.39 bits per heavy atom. The van der Waals surface area contributed by atoms with Crippen molar-refractivity contribution in [2.24, 2.45) is 5.41 Å². The molecule has 5 nitrogen and oxygen atoms in total. The molecular formula is C18H25NO4. The molecule has 1 amide bonds. The van der Waals surface area contributed by atoms with Crippen LogP contribution >= 0.6 is 0 Å². The predicted octanol–water partition coefficient (Wildman–Crippen LogP) is 2.35. The summed E-state index contributed by atoms with van der Waals surface area (Å²) in [6.45, 7) is 5.05. The van der Waals surface area contributed by atoms with Crippen molar-refractivity contribution in [3.05, 3.63) is 35.9 Å². The number of carbonyl (C=O) groups is 2. The zero-order valence-corrected chi connectivity index (χ0v) is 13.8. The molecule has 126 valence electrons. The lowest BCUT2D eigenvalue weighted by Crippen LogP contribution is -2.47. The minimum atomic E-state index is -0.898. The van der Waals surface area contributed by atoms with Crippen molar-refractivity contribution in [3.8, 4) is 0 Å². The summed E-state index contributed by atoms with van der Waals surface area (Å²) >= 11 is 0. The molecule has 0 unspecified atom stereocenters. The van der Waals surface area contributed by atoms with Crippen molar-refractivity contribution in [1.82, 2.24) is 5.32 Å². The van der Waals surface area contributed by atoms with Crippen LogP contribution in [0.4, 0.5) is 0 Å². The van der Waals surface area contributed by atoms with Crippen molar-refractivity contribution in [1.29, 1.82) is 0 Å². The predicted molar refractivity (Wildman–Crippen MR) is 87.2 cm³/mol. The second-order valence-electron chi connectivity index (χ2n) is 6.90. The number of aliphatic carboxylic acids is 1. The van der Waals surface area contributed by atoms with Gasteiger partial charge < -0.3 is 15.2 Å². The molecule has 1 fully saturated rings. The van der Waals surface area contributed by atoms with Crippen molar-refractivity contribution in [3.63, 3.8) is 0 Å².